The zero-order chi connectivity index (χ0) is 27.5. The average molecular weight is 542 g/mol. The zero-order valence-corrected chi connectivity index (χ0v) is 23.0. The van der Waals surface area contributed by atoms with Crippen molar-refractivity contribution in [2.45, 2.75) is 76.4 Å². The van der Waals surface area contributed by atoms with Crippen LogP contribution in [0.15, 0.2) is 42.6 Å². The van der Waals surface area contributed by atoms with Crippen LogP contribution in [0, 0.1) is 11.8 Å². The zero-order valence-electron chi connectivity index (χ0n) is 23.0. The van der Waals surface area contributed by atoms with Crippen LogP contribution in [0.5, 0.6) is 0 Å². The Morgan fingerprint density at radius 1 is 1.02 bits per heavy atom. The number of rotatable bonds is 5. The van der Waals surface area contributed by atoms with Crippen molar-refractivity contribution in [3.63, 3.8) is 0 Å². The van der Waals surface area contributed by atoms with Gasteiger partial charge in [0.15, 0.2) is 0 Å². The maximum absolute atomic E-state index is 12.8. The van der Waals surface area contributed by atoms with Crippen molar-refractivity contribution in [1.29, 1.82) is 0 Å². The molecular formula is C31H35N5O4. The van der Waals surface area contributed by atoms with Crippen LogP contribution >= 0.6 is 0 Å². The summed E-state index contributed by atoms with van der Waals surface area (Å²) < 4.78 is 9.66. The van der Waals surface area contributed by atoms with Gasteiger partial charge < -0.3 is 14.4 Å². The number of anilines is 1. The van der Waals surface area contributed by atoms with Gasteiger partial charge in [-0.25, -0.2) is 9.78 Å². The molecule has 208 valence electrons. The maximum Gasteiger partial charge on any atom is 0.414 e. The van der Waals surface area contributed by atoms with Gasteiger partial charge in [-0.05, 0) is 82.4 Å². The van der Waals surface area contributed by atoms with Crippen molar-refractivity contribution in [2.75, 3.05) is 12.0 Å². The number of ether oxygens (including phenoxy) is 1. The minimum atomic E-state index is -0.695. The molecule has 4 aromatic rings. The largest absolute Gasteiger partial charge is 0.481 e. The summed E-state index contributed by atoms with van der Waals surface area (Å²) in [5.74, 6) is 0.468. The van der Waals surface area contributed by atoms with E-state index < -0.39 is 5.97 Å². The summed E-state index contributed by atoms with van der Waals surface area (Å²) in [6.07, 6.45) is 8.65. The van der Waals surface area contributed by atoms with Crippen LogP contribution in [0.3, 0.4) is 0 Å². The van der Waals surface area contributed by atoms with E-state index in [1.54, 1.807) is 4.90 Å². The molecule has 9 nitrogen and oxygen atoms in total. The number of nitrogens with zero attached hydrogens (tertiary/aromatic N) is 5. The smallest absolute Gasteiger partial charge is 0.414 e. The van der Waals surface area contributed by atoms with Crippen LogP contribution in [0.1, 0.15) is 75.3 Å². The van der Waals surface area contributed by atoms with Gasteiger partial charge in [-0.1, -0.05) is 18.2 Å². The summed E-state index contributed by atoms with van der Waals surface area (Å²) in [4.78, 5) is 31.7. The summed E-state index contributed by atoms with van der Waals surface area (Å²) in [5.41, 5.74) is 4.93. The van der Waals surface area contributed by atoms with Crippen molar-refractivity contribution in [2.24, 2.45) is 11.8 Å². The summed E-state index contributed by atoms with van der Waals surface area (Å²) in [7, 11) is 1.43. The van der Waals surface area contributed by atoms with Crippen molar-refractivity contribution in [3.05, 3.63) is 54.0 Å². The molecule has 7 rings (SSSR count). The van der Waals surface area contributed by atoms with Gasteiger partial charge in [0.2, 0.25) is 0 Å². The number of aromatic nitrogens is 4. The molecular weight excluding hydrogens is 506 g/mol. The lowest BCUT2D eigenvalue weighted by molar-refractivity contribution is -0.143. The molecule has 2 saturated carbocycles. The topological polar surface area (TPSA) is 102 Å². The summed E-state index contributed by atoms with van der Waals surface area (Å²) in [6.45, 7) is 2.06. The fraction of sp³-hybridized carbons (Fsp3) is 0.484. The average Bonchev–Trinajstić information content (AvgIpc) is 3.58. The number of fused-ring (bicyclic) bond motifs is 4. The molecule has 40 heavy (non-hydrogen) atoms. The molecule has 2 atom stereocenters. The number of carboxylic acids is 1. The lowest BCUT2D eigenvalue weighted by Gasteiger charge is -2.34. The number of amides is 1. The number of carbonyl (C=O) groups excluding carboxylic acids is 1. The Kier molecular flexibility index (Phi) is 6.05. The van der Waals surface area contributed by atoms with E-state index in [-0.39, 0.29) is 30.1 Å². The monoisotopic (exact) mass is 541 g/mol. The molecule has 0 radical (unpaired) electrons. The number of imidazole rings is 1. The molecule has 3 aliphatic rings. The van der Waals surface area contributed by atoms with E-state index in [0.717, 1.165) is 77.5 Å². The number of hydrogen-bond acceptors (Lipinski definition) is 5. The number of methoxy groups -OCH3 is 1. The van der Waals surface area contributed by atoms with Gasteiger partial charge in [0.05, 0.1) is 35.3 Å². The van der Waals surface area contributed by atoms with Gasteiger partial charge in [0.25, 0.3) is 0 Å². The van der Waals surface area contributed by atoms with Crippen LogP contribution in [0.4, 0.5) is 10.5 Å². The fourth-order valence-corrected chi connectivity index (χ4v) is 7.05. The van der Waals surface area contributed by atoms with E-state index in [1.807, 2.05) is 24.3 Å². The van der Waals surface area contributed by atoms with Crippen molar-refractivity contribution in [1.82, 2.24) is 19.3 Å². The maximum atomic E-state index is 12.8. The molecule has 2 aromatic carbocycles. The Balaban J connectivity index is 1.41. The molecule has 0 saturated heterocycles. The second-order valence-corrected chi connectivity index (χ2v) is 11.8. The van der Waals surface area contributed by atoms with Crippen LogP contribution in [0.25, 0.3) is 21.9 Å². The number of carboxylic acid groups (broad SMARTS) is 1. The molecule has 9 heteroatoms. The molecule has 1 aliphatic heterocycles. The fourth-order valence-electron chi connectivity index (χ4n) is 7.05. The molecule has 1 N–H and O–H groups in total. The Hall–Kier alpha value is -3.88. The highest BCUT2D eigenvalue weighted by molar-refractivity contribution is 5.95. The van der Waals surface area contributed by atoms with Crippen molar-refractivity contribution in [3.8, 4) is 0 Å². The molecule has 2 aliphatic carbocycles. The third kappa shape index (κ3) is 4.05. The summed E-state index contributed by atoms with van der Waals surface area (Å²) in [6, 6.07) is 12.5. The first kappa shape index (κ1) is 25.1. The number of carbonyl (C=O) groups is 2. The first-order chi connectivity index (χ1) is 19.4. The van der Waals surface area contributed by atoms with Gasteiger partial charge in [0, 0.05) is 29.2 Å². The first-order valence-corrected chi connectivity index (χ1v) is 14.5. The summed E-state index contributed by atoms with van der Waals surface area (Å²) >= 11 is 0. The number of hydrogen-bond donors (Lipinski definition) is 1. The second-order valence-electron chi connectivity index (χ2n) is 11.8. The normalized spacial score (nSPS) is 23.8. The quantitative estimate of drug-likeness (QED) is 0.327. The number of aliphatic carboxylic acids is 1. The highest BCUT2D eigenvalue weighted by atomic mass is 16.5. The van der Waals surface area contributed by atoms with E-state index in [1.165, 1.54) is 7.11 Å². The SMILES string of the molecule is COC(=O)N1c2ccc3c(nc(C(C4CC4)n4cc5ccccc5n4)n3C3CCC(C(=O)O)CC3)c2CC[C@@H]1C. The lowest BCUT2D eigenvalue weighted by atomic mass is 9.85. The van der Waals surface area contributed by atoms with E-state index in [2.05, 4.69) is 34.5 Å². The number of benzene rings is 2. The second kappa shape index (κ2) is 9.64. The van der Waals surface area contributed by atoms with Crippen molar-refractivity contribution >= 4 is 39.7 Å². The molecule has 2 fully saturated rings. The Morgan fingerprint density at radius 3 is 2.50 bits per heavy atom. The van der Waals surface area contributed by atoms with Crippen LogP contribution in [-0.4, -0.2) is 49.7 Å². The molecule has 3 heterocycles. The predicted molar refractivity (Wildman–Crippen MR) is 152 cm³/mol. The standard InChI is InChI=1S/C31H35N5O4/c1-18-7-14-23-25(35(18)31(39)40-2)15-16-26-27(23)32-29(36(26)22-12-10-20(11-13-22)30(37)38)28(19-8-9-19)34-17-21-5-3-4-6-24(21)33-34/h3-6,15-20,22,28H,7-14H2,1-2H3,(H,37,38)/t18-,20?,22?,28?/m0/s1. The van der Waals surface area contributed by atoms with Gasteiger partial charge in [-0.15, -0.1) is 0 Å². The lowest BCUT2D eigenvalue weighted by Crippen LogP contribution is -2.42. The molecule has 2 aromatic heterocycles. The molecule has 1 amide bonds. The van der Waals surface area contributed by atoms with E-state index in [0.29, 0.717) is 18.8 Å². The molecule has 0 spiro atoms. The van der Waals surface area contributed by atoms with E-state index in [4.69, 9.17) is 14.8 Å². The Labute approximate surface area is 232 Å². The first-order valence-electron chi connectivity index (χ1n) is 14.5. The van der Waals surface area contributed by atoms with Gasteiger partial charge >= 0.3 is 12.1 Å². The minimum absolute atomic E-state index is 0.00753. The third-order valence-electron chi connectivity index (χ3n) is 9.31. The Morgan fingerprint density at radius 2 is 1.80 bits per heavy atom. The highest BCUT2D eigenvalue weighted by Gasteiger charge is 2.41. The van der Waals surface area contributed by atoms with Crippen LogP contribution in [0.2, 0.25) is 0 Å². The number of aryl methyl sites for hydroxylation is 1. The summed E-state index contributed by atoms with van der Waals surface area (Å²) in [5, 5.41) is 15.8. The third-order valence-corrected chi connectivity index (χ3v) is 9.31. The van der Waals surface area contributed by atoms with Gasteiger partial charge in [0.1, 0.15) is 11.9 Å². The van der Waals surface area contributed by atoms with Crippen molar-refractivity contribution < 1.29 is 19.4 Å². The van der Waals surface area contributed by atoms with E-state index >= 15 is 0 Å². The predicted octanol–water partition coefficient (Wildman–Crippen LogP) is 6.11. The highest BCUT2D eigenvalue weighted by Crippen LogP contribution is 2.47. The minimum Gasteiger partial charge on any atom is -0.481 e. The van der Waals surface area contributed by atoms with Crippen LogP contribution in [-0.2, 0) is 16.0 Å². The molecule has 1 unspecified atom stereocenters. The Bertz CT molecular complexity index is 1580. The van der Waals surface area contributed by atoms with E-state index in [9.17, 15) is 14.7 Å². The molecule has 0 bridgehead atoms. The van der Waals surface area contributed by atoms with Gasteiger partial charge in [-0.2, -0.15) is 5.10 Å². The van der Waals surface area contributed by atoms with Crippen LogP contribution < -0.4 is 4.90 Å². The van der Waals surface area contributed by atoms with Gasteiger partial charge in [-0.3, -0.25) is 14.4 Å².